The third kappa shape index (κ3) is 3.60. The Hall–Kier alpha value is -1.30. The van der Waals surface area contributed by atoms with Crippen LogP contribution in [0.1, 0.15) is 26.2 Å². The molecule has 0 aromatic heterocycles. The summed E-state index contributed by atoms with van der Waals surface area (Å²) in [4.78, 5) is 14.0. The summed E-state index contributed by atoms with van der Waals surface area (Å²) >= 11 is 0. The molecular formula is C12H23N3O3. The maximum atomic E-state index is 12.2. The lowest BCUT2D eigenvalue weighted by molar-refractivity contribution is -0.135. The van der Waals surface area contributed by atoms with Gasteiger partial charge in [0.25, 0.3) is 0 Å². The van der Waals surface area contributed by atoms with Crippen molar-refractivity contribution in [1.29, 1.82) is 0 Å². The minimum absolute atomic E-state index is 0.00140. The summed E-state index contributed by atoms with van der Waals surface area (Å²) in [5, 5.41) is 11.6. The number of likely N-dealkylation sites (tertiary alicyclic amines) is 1. The number of carbonyl (C=O) groups is 1. The number of hydrogen-bond donors (Lipinski definition) is 2. The minimum Gasteiger partial charge on any atom is -0.409 e. The first kappa shape index (κ1) is 14.8. The largest absolute Gasteiger partial charge is 0.409 e. The Morgan fingerprint density at radius 3 is 2.61 bits per heavy atom. The van der Waals surface area contributed by atoms with Crippen LogP contribution in [-0.2, 0) is 9.53 Å². The molecule has 104 valence electrons. The molecule has 1 saturated heterocycles. The maximum absolute atomic E-state index is 12.2. The van der Waals surface area contributed by atoms with Crippen molar-refractivity contribution < 1.29 is 14.7 Å². The van der Waals surface area contributed by atoms with Crippen molar-refractivity contribution in [2.24, 2.45) is 22.7 Å². The lowest BCUT2D eigenvalue weighted by Crippen LogP contribution is -2.45. The highest BCUT2D eigenvalue weighted by atomic mass is 16.5. The molecule has 1 rings (SSSR count). The molecule has 0 spiro atoms. The van der Waals surface area contributed by atoms with Crippen LogP contribution in [0.3, 0.4) is 0 Å². The first-order chi connectivity index (χ1) is 8.63. The Balaban J connectivity index is 2.53. The van der Waals surface area contributed by atoms with Crippen molar-refractivity contribution in [3.8, 4) is 0 Å². The van der Waals surface area contributed by atoms with E-state index < -0.39 is 5.92 Å². The van der Waals surface area contributed by atoms with E-state index in [2.05, 4.69) is 5.16 Å². The Kier molecular flexibility index (Phi) is 5.91. The third-order valence-corrected chi connectivity index (χ3v) is 3.51. The highest BCUT2D eigenvalue weighted by Crippen LogP contribution is 2.20. The first-order valence-electron chi connectivity index (χ1n) is 6.39. The number of amides is 1. The summed E-state index contributed by atoms with van der Waals surface area (Å²) in [5.41, 5.74) is 5.54. The monoisotopic (exact) mass is 257 g/mol. The molecule has 0 saturated carbocycles. The minimum atomic E-state index is -0.506. The van der Waals surface area contributed by atoms with Crippen molar-refractivity contribution in [1.82, 2.24) is 4.90 Å². The molecule has 3 N–H and O–H groups in total. The number of hydrogen-bond acceptors (Lipinski definition) is 4. The molecule has 1 unspecified atom stereocenters. The van der Waals surface area contributed by atoms with Gasteiger partial charge < -0.3 is 20.6 Å². The second-order valence-corrected chi connectivity index (χ2v) is 4.71. The lowest BCUT2D eigenvalue weighted by atomic mass is 9.95. The van der Waals surface area contributed by atoms with Crippen LogP contribution in [0, 0.1) is 11.8 Å². The van der Waals surface area contributed by atoms with Gasteiger partial charge in [0.05, 0.1) is 5.92 Å². The zero-order valence-corrected chi connectivity index (χ0v) is 11.1. The van der Waals surface area contributed by atoms with E-state index in [1.165, 1.54) is 0 Å². The fourth-order valence-corrected chi connectivity index (χ4v) is 2.36. The standard InChI is InChI=1S/C12H23N3O3/c1-3-10(11(13)14-17)12(16)15-6-4-9(5-7-15)8-18-2/h9-10,17H,3-8H2,1-2H3,(H2,13,14). The van der Waals surface area contributed by atoms with E-state index in [1.54, 1.807) is 12.0 Å². The molecule has 6 nitrogen and oxygen atoms in total. The number of nitrogens with zero attached hydrogens (tertiary/aromatic N) is 2. The summed E-state index contributed by atoms with van der Waals surface area (Å²) in [6, 6.07) is 0. The van der Waals surface area contributed by atoms with Crippen LogP contribution in [0.15, 0.2) is 5.16 Å². The van der Waals surface area contributed by atoms with E-state index in [9.17, 15) is 4.79 Å². The predicted molar refractivity (Wildman–Crippen MR) is 68.4 cm³/mol. The van der Waals surface area contributed by atoms with Gasteiger partial charge in [-0.15, -0.1) is 0 Å². The number of rotatable bonds is 5. The van der Waals surface area contributed by atoms with Crippen LogP contribution < -0.4 is 5.73 Å². The topological polar surface area (TPSA) is 88.2 Å². The van der Waals surface area contributed by atoms with Crippen molar-refractivity contribution in [3.63, 3.8) is 0 Å². The quantitative estimate of drug-likeness (QED) is 0.327. The molecule has 1 heterocycles. The number of ether oxygens (including phenoxy) is 1. The third-order valence-electron chi connectivity index (χ3n) is 3.51. The number of amidine groups is 1. The van der Waals surface area contributed by atoms with Crippen molar-refractivity contribution in [3.05, 3.63) is 0 Å². The summed E-state index contributed by atoms with van der Waals surface area (Å²) in [7, 11) is 1.70. The second-order valence-electron chi connectivity index (χ2n) is 4.71. The molecule has 6 heteroatoms. The van der Waals surface area contributed by atoms with Crippen LogP contribution >= 0.6 is 0 Å². The van der Waals surface area contributed by atoms with E-state index in [0.29, 0.717) is 12.3 Å². The molecule has 1 aliphatic rings. The fraction of sp³-hybridized carbons (Fsp3) is 0.833. The average Bonchev–Trinajstić information content (AvgIpc) is 2.40. The number of piperidine rings is 1. The van der Waals surface area contributed by atoms with Crippen LogP contribution in [-0.4, -0.2) is 48.7 Å². The van der Waals surface area contributed by atoms with Gasteiger partial charge in [-0.2, -0.15) is 0 Å². The highest BCUT2D eigenvalue weighted by Gasteiger charge is 2.29. The van der Waals surface area contributed by atoms with Gasteiger partial charge >= 0.3 is 0 Å². The molecule has 18 heavy (non-hydrogen) atoms. The van der Waals surface area contributed by atoms with Gasteiger partial charge in [0.2, 0.25) is 5.91 Å². The zero-order valence-electron chi connectivity index (χ0n) is 11.1. The molecule has 0 aromatic carbocycles. The van der Waals surface area contributed by atoms with Gasteiger partial charge in [0.15, 0.2) is 5.84 Å². The van der Waals surface area contributed by atoms with E-state index in [4.69, 9.17) is 15.7 Å². The van der Waals surface area contributed by atoms with Crippen LogP contribution in [0.2, 0.25) is 0 Å². The summed E-state index contributed by atoms with van der Waals surface area (Å²) in [6.07, 6.45) is 2.45. The van der Waals surface area contributed by atoms with Gasteiger partial charge in [0.1, 0.15) is 0 Å². The fourth-order valence-electron chi connectivity index (χ4n) is 2.36. The summed E-state index contributed by atoms with van der Waals surface area (Å²) in [5.74, 6) is -0.0119. The second kappa shape index (κ2) is 7.20. The summed E-state index contributed by atoms with van der Waals surface area (Å²) in [6.45, 7) is 4.06. The van der Waals surface area contributed by atoms with Gasteiger partial charge in [-0.05, 0) is 25.2 Å². The Morgan fingerprint density at radius 2 is 2.17 bits per heavy atom. The normalized spacial score (nSPS) is 19.9. The molecular weight excluding hydrogens is 234 g/mol. The van der Waals surface area contributed by atoms with Gasteiger partial charge in [-0.25, -0.2) is 0 Å². The molecule has 0 aromatic rings. The molecule has 0 aliphatic carbocycles. The van der Waals surface area contributed by atoms with E-state index in [1.807, 2.05) is 6.92 Å². The number of methoxy groups -OCH3 is 1. The van der Waals surface area contributed by atoms with Crippen LogP contribution in [0.5, 0.6) is 0 Å². The summed E-state index contributed by atoms with van der Waals surface area (Å²) < 4.78 is 5.13. The maximum Gasteiger partial charge on any atom is 0.233 e. The van der Waals surface area contributed by atoms with Gasteiger partial charge in [-0.1, -0.05) is 12.1 Å². The SMILES string of the molecule is CCC(C(=O)N1CCC(COC)CC1)/C(N)=N/O. The lowest BCUT2D eigenvalue weighted by Gasteiger charge is -2.33. The van der Waals surface area contributed by atoms with Gasteiger partial charge in [-0.3, -0.25) is 4.79 Å². The highest BCUT2D eigenvalue weighted by molar-refractivity contribution is 6.02. The van der Waals surface area contributed by atoms with Crippen molar-refractivity contribution in [2.45, 2.75) is 26.2 Å². The van der Waals surface area contributed by atoms with Crippen molar-refractivity contribution in [2.75, 3.05) is 26.8 Å². The Morgan fingerprint density at radius 1 is 1.56 bits per heavy atom. The first-order valence-corrected chi connectivity index (χ1v) is 6.39. The molecule has 1 amide bonds. The number of carbonyl (C=O) groups excluding carboxylic acids is 1. The van der Waals surface area contributed by atoms with Gasteiger partial charge in [0, 0.05) is 26.8 Å². The molecule has 1 aliphatic heterocycles. The van der Waals surface area contributed by atoms with E-state index in [-0.39, 0.29) is 11.7 Å². The Labute approximate surface area is 108 Å². The molecule has 0 bridgehead atoms. The number of oxime groups is 1. The molecule has 1 fully saturated rings. The zero-order chi connectivity index (χ0) is 13.5. The van der Waals surface area contributed by atoms with Crippen LogP contribution in [0.4, 0.5) is 0 Å². The average molecular weight is 257 g/mol. The van der Waals surface area contributed by atoms with Crippen molar-refractivity contribution >= 4 is 11.7 Å². The number of nitrogens with two attached hydrogens (primary N) is 1. The van der Waals surface area contributed by atoms with Crippen LogP contribution in [0.25, 0.3) is 0 Å². The molecule has 1 atom stereocenters. The Bertz CT molecular complexity index is 299. The van der Waals surface area contributed by atoms with E-state index >= 15 is 0 Å². The molecule has 0 radical (unpaired) electrons. The van der Waals surface area contributed by atoms with E-state index in [0.717, 1.165) is 32.5 Å². The predicted octanol–water partition coefficient (Wildman–Crippen LogP) is 0.644. The smallest absolute Gasteiger partial charge is 0.233 e.